The minimum Gasteiger partial charge on any atom is -0.507 e. The highest BCUT2D eigenvalue weighted by Crippen LogP contribution is 2.45. The van der Waals surface area contributed by atoms with Crippen molar-refractivity contribution in [3.05, 3.63) is 113 Å². The number of amides is 1. The number of hydrogen-bond donors (Lipinski definition) is 1. The third kappa shape index (κ3) is 3.51. The molecule has 1 fully saturated rings. The van der Waals surface area contributed by atoms with Crippen LogP contribution in [0.2, 0.25) is 5.02 Å². The van der Waals surface area contributed by atoms with Crippen LogP contribution in [0, 0.1) is 0 Å². The summed E-state index contributed by atoms with van der Waals surface area (Å²) in [6.07, 6.45) is 0. The predicted octanol–water partition coefficient (Wildman–Crippen LogP) is 6.13. The highest BCUT2D eigenvalue weighted by molar-refractivity contribution is 6.52. The van der Waals surface area contributed by atoms with E-state index in [0.29, 0.717) is 22.0 Å². The van der Waals surface area contributed by atoms with Gasteiger partial charge >= 0.3 is 0 Å². The summed E-state index contributed by atoms with van der Waals surface area (Å²) in [5.74, 6) is -1.38. The number of ketones is 1. The monoisotopic (exact) mass is 469 g/mol. The van der Waals surface area contributed by atoms with Crippen molar-refractivity contribution in [1.29, 1.82) is 0 Å². The fourth-order valence-corrected chi connectivity index (χ4v) is 4.60. The molecule has 0 saturated carbocycles. The van der Waals surface area contributed by atoms with Crippen LogP contribution in [-0.2, 0) is 9.59 Å². The Morgan fingerprint density at radius 3 is 2.32 bits per heavy atom. The molecule has 1 saturated heterocycles. The lowest BCUT2D eigenvalue weighted by Gasteiger charge is -2.26. The van der Waals surface area contributed by atoms with Gasteiger partial charge in [-0.1, -0.05) is 66.2 Å². The Labute approximate surface area is 201 Å². The summed E-state index contributed by atoms with van der Waals surface area (Å²) >= 11 is 6.07. The van der Waals surface area contributed by atoms with Crippen LogP contribution in [0.1, 0.15) is 17.2 Å². The first kappa shape index (κ1) is 21.7. The molecule has 1 unspecified atom stereocenters. The van der Waals surface area contributed by atoms with Gasteiger partial charge in [-0.2, -0.15) is 0 Å². The van der Waals surface area contributed by atoms with Crippen molar-refractivity contribution in [2.24, 2.45) is 0 Å². The molecule has 34 heavy (non-hydrogen) atoms. The average molecular weight is 470 g/mol. The van der Waals surface area contributed by atoms with E-state index >= 15 is 0 Å². The third-order valence-electron chi connectivity index (χ3n) is 6.03. The smallest absolute Gasteiger partial charge is 0.300 e. The number of fused-ring (bicyclic) bond motifs is 1. The molecule has 0 radical (unpaired) electrons. The molecule has 1 N–H and O–H groups in total. The van der Waals surface area contributed by atoms with Gasteiger partial charge in [-0.15, -0.1) is 0 Å². The van der Waals surface area contributed by atoms with E-state index in [9.17, 15) is 14.7 Å². The number of rotatable bonds is 4. The number of methoxy groups -OCH3 is 1. The summed E-state index contributed by atoms with van der Waals surface area (Å²) in [6, 6.07) is 26.2. The quantitative estimate of drug-likeness (QED) is 0.222. The molecule has 5 nitrogen and oxygen atoms in total. The molecule has 0 aromatic heterocycles. The number of anilines is 1. The number of halogens is 1. The minimum absolute atomic E-state index is 0.000744. The number of carbonyl (C=O) groups excluding carboxylic acids is 2. The molecule has 1 aliphatic heterocycles. The van der Waals surface area contributed by atoms with Gasteiger partial charge in [-0.25, -0.2) is 0 Å². The minimum atomic E-state index is -0.850. The van der Waals surface area contributed by atoms with E-state index in [1.165, 1.54) is 12.0 Å². The summed E-state index contributed by atoms with van der Waals surface area (Å²) in [5, 5.41) is 13.8. The lowest BCUT2D eigenvalue weighted by atomic mass is 9.91. The first-order valence-corrected chi connectivity index (χ1v) is 11.1. The molecule has 1 heterocycles. The van der Waals surface area contributed by atoms with Crippen molar-refractivity contribution in [2.45, 2.75) is 6.04 Å². The maximum Gasteiger partial charge on any atom is 0.300 e. The average Bonchev–Trinajstić information content (AvgIpc) is 3.13. The van der Waals surface area contributed by atoms with Gasteiger partial charge in [0.1, 0.15) is 11.5 Å². The van der Waals surface area contributed by atoms with E-state index in [-0.39, 0.29) is 11.3 Å². The number of hydrogen-bond acceptors (Lipinski definition) is 4. The fourth-order valence-electron chi connectivity index (χ4n) is 4.47. The highest BCUT2D eigenvalue weighted by atomic mass is 35.5. The number of aliphatic hydroxyl groups is 1. The van der Waals surface area contributed by atoms with Gasteiger partial charge in [0, 0.05) is 10.7 Å². The SMILES string of the molecule is COc1ccccc1/C(O)=C1\C(=O)C(=O)N(c2ccc(Cl)cc2)C1c1cccc2ccccc12. The van der Waals surface area contributed by atoms with Crippen molar-refractivity contribution in [2.75, 3.05) is 12.0 Å². The number of ether oxygens (including phenoxy) is 1. The summed E-state index contributed by atoms with van der Waals surface area (Å²) in [7, 11) is 1.49. The molecule has 1 amide bonds. The number of Topliss-reactive ketones (excluding diaryl/α,β-unsaturated/α-hetero) is 1. The van der Waals surface area contributed by atoms with Gasteiger partial charge in [0.25, 0.3) is 11.7 Å². The zero-order valence-electron chi connectivity index (χ0n) is 18.2. The van der Waals surface area contributed by atoms with Gasteiger partial charge in [0.2, 0.25) is 0 Å². The molecule has 0 bridgehead atoms. The lowest BCUT2D eigenvalue weighted by molar-refractivity contribution is -0.132. The third-order valence-corrected chi connectivity index (χ3v) is 6.28. The molecular weight excluding hydrogens is 450 g/mol. The van der Waals surface area contributed by atoms with Crippen LogP contribution in [0.25, 0.3) is 16.5 Å². The number of nitrogens with zero attached hydrogens (tertiary/aromatic N) is 1. The predicted molar refractivity (Wildman–Crippen MR) is 133 cm³/mol. The van der Waals surface area contributed by atoms with Crippen LogP contribution >= 0.6 is 11.6 Å². The largest absolute Gasteiger partial charge is 0.507 e. The first-order chi connectivity index (χ1) is 16.5. The van der Waals surface area contributed by atoms with Gasteiger partial charge in [-0.3, -0.25) is 14.5 Å². The zero-order valence-corrected chi connectivity index (χ0v) is 19.0. The van der Waals surface area contributed by atoms with Crippen molar-refractivity contribution in [1.82, 2.24) is 0 Å². The second-order valence-corrected chi connectivity index (χ2v) is 8.35. The number of benzene rings is 4. The first-order valence-electron chi connectivity index (χ1n) is 10.7. The Morgan fingerprint density at radius 1 is 0.882 bits per heavy atom. The molecule has 0 spiro atoms. The maximum absolute atomic E-state index is 13.4. The summed E-state index contributed by atoms with van der Waals surface area (Å²) in [6.45, 7) is 0. The Bertz CT molecular complexity index is 1450. The molecule has 5 rings (SSSR count). The number of para-hydroxylation sites is 1. The van der Waals surface area contributed by atoms with Gasteiger partial charge < -0.3 is 9.84 Å². The standard InChI is InChI=1S/C28H20ClNO4/c1-34-23-12-5-4-10-22(23)26(31)24-25(21-11-6-8-17-7-2-3-9-20(17)21)30(28(33)27(24)32)19-15-13-18(29)14-16-19/h2-16,25,31H,1H3/b26-24+. The topological polar surface area (TPSA) is 66.8 Å². The summed E-state index contributed by atoms with van der Waals surface area (Å²) in [5.41, 5.74) is 1.57. The van der Waals surface area contributed by atoms with Crippen LogP contribution in [-0.4, -0.2) is 23.9 Å². The van der Waals surface area contributed by atoms with Crippen LogP contribution in [0.5, 0.6) is 5.75 Å². The molecule has 168 valence electrons. The normalized spacial score (nSPS) is 17.4. The Hall–Kier alpha value is -4.09. The number of carbonyl (C=O) groups is 2. The van der Waals surface area contributed by atoms with Crippen molar-refractivity contribution < 1.29 is 19.4 Å². The second-order valence-electron chi connectivity index (χ2n) is 7.91. The number of aliphatic hydroxyl groups excluding tert-OH is 1. The van der Waals surface area contributed by atoms with E-state index < -0.39 is 17.7 Å². The summed E-state index contributed by atoms with van der Waals surface area (Å²) in [4.78, 5) is 28.2. The molecule has 1 atom stereocenters. The Kier molecular flexibility index (Phi) is 5.56. The van der Waals surface area contributed by atoms with Crippen LogP contribution in [0.3, 0.4) is 0 Å². The van der Waals surface area contributed by atoms with Crippen molar-refractivity contribution >= 4 is 45.5 Å². The Balaban J connectivity index is 1.82. The van der Waals surface area contributed by atoms with Crippen molar-refractivity contribution in [3.63, 3.8) is 0 Å². The van der Waals surface area contributed by atoms with E-state index in [2.05, 4.69) is 0 Å². The second kappa shape index (κ2) is 8.69. The van der Waals surface area contributed by atoms with Gasteiger partial charge in [-0.05, 0) is 52.7 Å². The van der Waals surface area contributed by atoms with Crippen molar-refractivity contribution in [3.8, 4) is 5.75 Å². The molecule has 0 aliphatic carbocycles. The molecule has 4 aromatic carbocycles. The lowest BCUT2D eigenvalue weighted by Crippen LogP contribution is -2.29. The van der Waals surface area contributed by atoms with Gasteiger partial charge in [0.05, 0.1) is 24.3 Å². The summed E-state index contributed by atoms with van der Waals surface area (Å²) < 4.78 is 5.41. The van der Waals surface area contributed by atoms with Crippen LogP contribution in [0.4, 0.5) is 5.69 Å². The van der Waals surface area contributed by atoms with E-state index in [4.69, 9.17) is 16.3 Å². The molecule has 1 aliphatic rings. The van der Waals surface area contributed by atoms with Crippen LogP contribution < -0.4 is 9.64 Å². The molecule has 4 aromatic rings. The van der Waals surface area contributed by atoms with E-state index in [1.54, 1.807) is 48.5 Å². The van der Waals surface area contributed by atoms with Crippen LogP contribution in [0.15, 0.2) is 96.6 Å². The molecule has 6 heteroatoms. The highest BCUT2D eigenvalue weighted by Gasteiger charge is 2.47. The Morgan fingerprint density at radius 2 is 1.56 bits per heavy atom. The molecular formula is C28H20ClNO4. The maximum atomic E-state index is 13.4. The van der Waals surface area contributed by atoms with E-state index in [0.717, 1.165) is 16.3 Å². The zero-order chi connectivity index (χ0) is 23.8. The van der Waals surface area contributed by atoms with E-state index in [1.807, 2.05) is 42.5 Å². The fraction of sp³-hybridized carbons (Fsp3) is 0.0714. The van der Waals surface area contributed by atoms with Gasteiger partial charge in [0.15, 0.2) is 0 Å².